The summed E-state index contributed by atoms with van der Waals surface area (Å²) in [6.45, 7) is 6.67. The van der Waals surface area contributed by atoms with E-state index in [-0.39, 0.29) is 5.82 Å². The fraction of sp³-hybridized carbons (Fsp3) is 0.455. The van der Waals surface area contributed by atoms with Gasteiger partial charge < -0.3 is 5.32 Å². The highest BCUT2D eigenvalue weighted by Crippen LogP contribution is 2.09. The van der Waals surface area contributed by atoms with Crippen LogP contribution in [0.5, 0.6) is 0 Å². The van der Waals surface area contributed by atoms with Gasteiger partial charge in [-0.3, -0.25) is 0 Å². The Morgan fingerprint density at radius 3 is 2.69 bits per heavy atom. The van der Waals surface area contributed by atoms with Gasteiger partial charge in [0.05, 0.1) is 0 Å². The van der Waals surface area contributed by atoms with Crippen molar-refractivity contribution in [3.05, 3.63) is 35.1 Å². The van der Waals surface area contributed by atoms with E-state index < -0.39 is 0 Å². The predicted molar refractivity (Wildman–Crippen MR) is 53.1 cm³/mol. The molecule has 0 aliphatic heterocycles. The van der Waals surface area contributed by atoms with Gasteiger partial charge in [-0.15, -0.1) is 0 Å². The minimum absolute atomic E-state index is 0.126. The van der Waals surface area contributed by atoms with Gasteiger partial charge in [0, 0.05) is 18.2 Å². The van der Waals surface area contributed by atoms with E-state index in [0.29, 0.717) is 12.6 Å². The summed E-state index contributed by atoms with van der Waals surface area (Å²) in [4.78, 5) is 0. The Hall–Kier alpha value is -0.890. The minimum Gasteiger partial charge on any atom is -0.310 e. The number of halogens is 1. The molecule has 13 heavy (non-hydrogen) atoms. The number of hydrogen-bond acceptors (Lipinski definition) is 1. The topological polar surface area (TPSA) is 12.0 Å². The molecule has 0 fully saturated rings. The zero-order chi connectivity index (χ0) is 9.84. The average Bonchev–Trinajstić information content (AvgIpc) is 2.06. The van der Waals surface area contributed by atoms with Crippen LogP contribution in [-0.2, 0) is 6.54 Å². The third-order valence-corrected chi connectivity index (χ3v) is 1.90. The molecule has 0 radical (unpaired) electrons. The molecular formula is C11H16FN. The maximum Gasteiger partial charge on any atom is 0.127 e. The normalized spacial score (nSPS) is 10.8. The van der Waals surface area contributed by atoms with Crippen molar-refractivity contribution >= 4 is 0 Å². The molecule has 0 spiro atoms. The van der Waals surface area contributed by atoms with Crippen LogP contribution in [0.2, 0.25) is 0 Å². The highest BCUT2D eigenvalue weighted by molar-refractivity contribution is 5.23. The molecule has 1 N–H and O–H groups in total. The van der Waals surface area contributed by atoms with Crippen molar-refractivity contribution in [1.82, 2.24) is 5.32 Å². The molecule has 0 amide bonds. The monoisotopic (exact) mass is 181 g/mol. The maximum absolute atomic E-state index is 13.2. The van der Waals surface area contributed by atoms with Crippen molar-refractivity contribution in [3.63, 3.8) is 0 Å². The van der Waals surface area contributed by atoms with E-state index in [2.05, 4.69) is 5.32 Å². The average molecular weight is 181 g/mol. The third-order valence-electron chi connectivity index (χ3n) is 1.90. The summed E-state index contributed by atoms with van der Waals surface area (Å²) in [6.07, 6.45) is 0. The lowest BCUT2D eigenvalue weighted by atomic mass is 10.1. The Labute approximate surface area is 79.0 Å². The molecule has 0 aliphatic carbocycles. The third kappa shape index (κ3) is 3.15. The summed E-state index contributed by atoms with van der Waals surface area (Å²) in [5, 5.41) is 3.19. The molecule has 72 valence electrons. The summed E-state index contributed by atoms with van der Waals surface area (Å²) in [5.41, 5.74) is 1.84. The number of rotatable bonds is 3. The Morgan fingerprint density at radius 1 is 1.38 bits per heavy atom. The molecule has 0 atom stereocenters. The van der Waals surface area contributed by atoms with Gasteiger partial charge in [0.15, 0.2) is 0 Å². The second-order valence-electron chi connectivity index (χ2n) is 3.63. The van der Waals surface area contributed by atoms with Gasteiger partial charge in [-0.1, -0.05) is 31.5 Å². The summed E-state index contributed by atoms with van der Waals surface area (Å²) in [7, 11) is 0. The van der Waals surface area contributed by atoms with Gasteiger partial charge in [-0.05, 0) is 13.0 Å². The highest BCUT2D eigenvalue weighted by atomic mass is 19.1. The molecule has 0 saturated carbocycles. The van der Waals surface area contributed by atoms with Crippen molar-refractivity contribution in [2.75, 3.05) is 0 Å². The molecule has 1 aromatic rings. The lowest BCUT2D eigenvalue weighted by Gasteiger charge is -2.09. The van der Waals surface area contributed by atoms with Crippen molar-refractivity contribution < 1.29 is 4.39 Å². The van der Waals surface area contributed by atoms with Gasteiger partial charge >= 0.3 is 0 Å². The van der Waals surface area contributed by atoms with Crippen molar-refractivity contribution in [2.24, 2.45) is 0 Å². The van der Waals surface area contributed by atoms with Crippen molar-refractivity contribution in [1.29, 1.82) is 0 Å². The molecule has 0 bridgehead atoms. The number of nitrogens with one attached hydrogen (secondary N) is 1. The molecule has 0 unspecified atom stereocenters. The SMILES string of the molecule is Cc1ccc(F)c(CNC(C)C)c1. The zero-order valence-electron chi connectivity index (χ0n) is 8.39. The quantitative estimate of drug-likeness (QED) is 0.755. The molecule has 0 saturated heterocycles. The highest BCUT2D eigenvalue weighted by Gasteiger charge is 2.02. The number of benzene rings is 1. The van der Waals surface area contributed by atoms with Crippen LogP contribution < -0.4 is 5.32 Å². The molecule has 0 heterocycles. The lowest BCUT2D eigenvalue weighted by Crippen LogP contribution is -2.22. The fourth-order valence-electron chi connectivity index (χ4n) is 1.15. The van der Waals surface area contributed by atoms with Crippen LogP contribution in [0.1, 0.15) is 25.0 Å². The molecule has 1 aromatic carbocycles. The first-order valence-electron chi connectivity index (χ1n) is 4.58. The van der Waals surface area contributed by atoms with E-state index in [4.69, 9.17) is 0 Å². The van der Waals surface area contributed by atoms with Crippen molar-refractivity contribution in [3.8, 4) is 0 Å². The van der Waals surface area contributed by atoms with E-state index >= 15 is 0 Å². The second kappa shape index (κ2) is 4.38. The predicted octanol–water partition coefficient (Wildman–Crippen LogP) is 2.63. The zero-order valence-corrected chi connectivity index (χ0v) is 8.39. The van der Waals surface area contributed by atoms with Crippen LogP contribution in [0.4, 0.5) is 4.39 Å². The Kier molecular flexibility index (Phi) is 3.43. The Bertz CT molecular complexity index is 281. The number of hydrogen-bond donors (Lipinski definition) is 1. The van der Waals surface area contributed by atoms with Gasteiger partial charge in [-0.25, -0.2) is 4.39 Å². The molecule has 1 rings (SSSR count). The van der Waals surface area contributed by atoms with Crippen molar-refractivity contribution in [2.45, 2.75) is 33.4 Å². The smallest absolute Gasteiger partial charge is 0.127 e. The second-order valence-corrected chi connectivity index (χ2v) is 3.63. The maximum atomic E-state index is 13.2. The van der Waals surface area contributed by atoms with E-state index in [1.165, 1.54) is 6.07 Å². The summed E-state index contributed by atoms with van der Waals surface area (Å²) < 4.78 is 13.2. The van der Waals surface area contributed by atoms with E-state index in [0.717, 1.165) is 11.1 Å². The first-order chi connectivity index (χ1) is 6.09. The van der Waals surface area contributed by atoms with Crippen LogP contribution in [0.25, 0.3) is 0 Å². The standard InChI is InChI=1S/C11H16FN/c1-8(2)13-7-10-6-9(3)4-5-11(10)12/h4-6,8,13H,7H2,1-3H3. The molecule has 0 aliphatic rings. The van der Waals surface area contributed by atoms with Crippen LogP contribution in [0, 0.1) is 12.7 Å². The molecule has 0 aromatic heterocycles. The minimum atomic E-state index is -0.126. The molecule has 2 heteroatoms. The molecule has 1 nitrogen and oxygen atoms in total. The fourth-order valence-corrected chi connectivity index (χ4v) is 1.15. The first kappa shape index (κ1) is 10.2. The summed E-state index contributed by atoms with van der Waals surface area (Å²) in [6, 6.07) is 5.57. The van der Waals surface area contributed by atoms with E-state index in [9.17, 15) is 4.39 Å². The van der Waals surface area contributed by atoms with Crippen LogP contribution >= 0.6 is 0 Å². The Morgan fingerprint density at radius 2 is 2.08 bits per heavy atom. The van der Waals surface area contributed by atoms with Crippen LogP contribution in [0.3, 0.4) is 0 Å². The number of aryl methyl sites for hydroxylation is 1. The van der Waals surface area contributed by atoms with E-state index in [1.54, 1.807) is 6.07 Å². The van der Waals surface area contributed by atoms with Gasteiger partial charge in [0.2, 0.25) is 0 Å². The lowest BCUT2D eigenvalue weighted by molar-refractivity contribution is 0.553. The van der Waals surface area contributed by atoms with Crippen LogP contribution in [0.15, 0.2) is 18.2 Å². The summed E-state index contributed by atoms with van der Waals surface area (Å²) in [5.74, 6) is -0.126. The summed E-state index contributed by atoms with van der Waals surface area (Å²) >= 11 is 0. The van der Waals surface area contributed by atoms with Gasteiger partial charge in [0.25, 0.3) is 0 Å². The van der Waals surface area contributed by atoms with Gasteiger partial charge in [-0.2, -0.15) is 0 Å². The first-order valence-corrected chi connectivity index (χ1v) is 4.58. The van der Waals surface area contributed by atoms with Crippen LogP contribution in [-0.4, -0.2) is 6.04 Å². The Balaban J connectivity index is 2.70. The van der Waals surface area contributed by atoms with Gasteiger partial charge in [0.1, 0.15) is 5.82 Å². The molecular weight excluding hydrogens is 165 g/mol. The largest absolute Gasteiger partial charge is 0.310 e. The van der Waals surface area contributed by atoms with E-state index in [1.807, 2.05) is 26.8 Å².